The number of carbonyl (C=O) groups excluding carboxylic acids is 3. The van der Waals surface area contributed by atoms with E-state index in [1.165, 1.54) is 7.05 Å². The Morgan fingerprint density at radius 1 is 1.03 bits per heavy atom. The zero-order chi connectivity index (χ0) is 21.7. The van der Waals surface area contributed by atoms with Crippen molar-refractivity contribution in [2.75, 3.05) is 20.4 Å². The second-order valence-electron chi connectivity index (χ2n) is 7.18. The van der Waals surface area contributed by atoms with Crippen molar-refractivity contribution in [3.05, 3.63) is 48.0 Å². The number of Topliss-reactive ketones (excluding diaryl/α,β-unsaturated/α-hetero) is 2. The molecule has 7 nitrogen and oxygen atoms in total. The molecule has 1 aliphatic rings. The van der Waals surface area contributed by atoms with E-state index in [2.05, 4.69) is 5.32 Å². The predicted octanol–water partition coefficient (Wildman–Crippen LogP) is 2.60. The molecule has 3 rings (SSSR count). The van der Waals surface area contributed by atoms with Crippen molar-refractivity contribution in [1.82, 2.24) is 5.32 Å². The molecule has 0 radical (unpaired) electrons. The maximum absolute atomic E-state index is 13.0. The summed E-state index contributed by atoms with van der Waals surface area (Å²) in [5, 5.41) is 11.4. The number of ketones is 2. The fourth-order valence-corrected chi connectivity index (χ4v) is 3.53. The second-order valence-corrected chi connectivity index (χ2v) is 7.18. The van der Waals surface area contributed by atoms with Crippen molar-refractivity contribution in [2.24, 2.45) is 11.8 Å². The molecule has 0 saturated carbocycles. The summed E-state index contributed by atoms with van der Waals surface area (Å²) in [6.07, 6.45) is 0.312. The summed E-state index contributed by atoms with van der Waals surface area (Å²) < 4.78 is 10.7. The van der Waals surface area contributed by atoms with Crippen LogP contribution in [0, 0.1) is 11.8 Å². The molecule has 158 valence electrons. The van der Waals surface area contributed by atoms with Gasteiger partial charge in [0.15, 0.2) is 17.3 Å². The van der Waals surface area contributed by atoms with Crippen LogP contribution in [0.4, 0.5) is 0 Å². The number of benzene rings is 2. The number of fused-ring (bicyclic) bond motifs is 1. The Bertz CT molecular complexity index is 937. The van der Waals surface area contributed by atoms with Crippen molar-refractivity contribution in [3.63, 3.8) is 0 Å². The van der Waals surface area contributed by atoms with E-state index in [1.807, 2.05) is 30.3 Å². The molecule has 1 amide bonds. The largest absolute Gasteiger partial charge is 0.454 e. The van der Waals surface area contributed by atoms with E-state index in [0.717, 1.165) is 11.1 Å². The molecule has 30 heavy (non-hydrogen) atoms. The number of aliphatic hydroxyl groups excluding tert-OH is 1. The Kier molecular flexibility index (Phi) is 6.84. The van der Waals surface area contributed by atoms with Gasteiger partial charge >= 0.3 is 0 Å². The highest BCUT2D eigenvalue weighted by Crippen LogP contribution is 2.36. The Labute approximate surface area is 175 Å². The summed E-state index contributed by atoms with van der Waals surface area (Å²) in [4.78, 5) is 37.7. The van der Waals surface area contributed by atoms with E-state index in [-0.39, 0.29) is 37.8 Å². The molecule has 2 aromatic carbocycles. The van der Waals surface area contributed by atoms with E-state index >= 15 is 0 Å². The lowest BCUT2D eigenvalue weighted by Crippen LogP contribution is -2.40. The molecule has 2 N–H and O–H groups in total. The third-order valence-corrected chi connectivity index (χ3v) is 5.25. The number of nitrogens with one attached hydrogen (secondary N) is 1. The lowest BCUT2D eigenvalue weighted by Gasteiger charge is -2.20. The number of hydrogen-bond acceptors (Lipinski definition) is 6. The number of rotatable bonds is 9. The molecule has 1 heterocycles. The van der Waals surface area contributed by atoms with Crippen molar-refractivity contribution in [1.29, 1.82) is 0 Å². The first kappa shape index (κ1) is 21.5. The molecule has 7 heteroatoms. The monoisotopic (exact) mass is 411 g/mol. The molecule has 0 spiro atoms. The quantitative estimate of drug-likeness (QED) is 0.486. The van der Waals surface area contributed by atoms with Crippen LogP contribution in [0.2, 0.25) is 0 Å². The van der Waals surface area contributed by atoms with Crippen molar-refractivity contribution in [3.8, 4) is 22.6 Å². The van der Waals surface area contributed by atoms with Gasteiger partial charge in [-0.2, -0.15) is 0 Å². The third-order valence-electron chi connectivity index (χ3n) is 5.25. The maximum Gasteiger partial charge on any atom is 0.231 e. The van der Waals surface area contributed by atoms with Crippen LogP contribution in [0.3, 0.4) is 0 Å². The van der Waals surface area contributed by atoms with Crippen LogP contribution < -0.4 is 14.8 Å². The molecule has 0 fully saturated rings. The average molecular weight is 411 g/mol. The topological polar surface area (TPSA) is 102 Å². The Morgan fingerprint density at radius 2 is 1.70 bits per heavy atom. The van der Waals surface area contributed by atoms with Crippen molar-refractivity contribution >= 4 is 17.5 Å². The smallest absolute Gasteiger partial charge is 0.231 e. The Morgan fingerprint density at radius 3 is 2.37 bits per heavy atom. The number of ether oxygens (including phenoxy) is 2. The minimum atomic E-state index is -1.08. The highest BCUT2D eigenvalue weighted by atomic mass is 16.7. The van der Waals surface area contributed by atoms with Crippen molar-refractivity contribution in [2.45, 2.75) is 19.8 Å². The fourth-order valence-electron chi connectivity index (χ4n) is 3.53. The fraction of sp³-hybridized carbons (Fsp3) is 0.348. The highest BCUT2D eigenvalue weighted by molar-refractivity contribution is 6.08. The Hall–Kier alpha value is -3.19. The summed E-state index contributed by atoms with van der Waals surface area (Å²) in [6, 6.07) is 12.7. The van der Waals surface area contributed by atoms with Gasteiger partial charge in [0, 0.05) is 31.6 Å². The lowest BCUT2D eigenvalue weighted by atomic mass is 9.82. The van der Waals surface area contributed by atoms with Crippen LogP contribution in [-0.4, -0.2) is 43.0 Å². The molecule has 0 aliphatic carbocycles. The van der Waals surface area contributed by atoms with E-state index in [1.54, 1.807) is 19.1 Å². The molecule has 2 unspecified atom stereocenters. The first-order valence-corrected chi connectivity index (χ1v) is 9.85. The van der Waals surface area contributed by atoms with Gasteiger partial charge in [-0.15, -0.1) is 0 Å². The van der Waals surface area contributed by atoms with E-state index in [9.17, 15) is 14.4 Å². The number of carbonyl (C=O) groups is 3. The highest BCUT2D eigenvalue weighted by Gasteiger charge is 2.35. The van der Waals surface area contributed by atoms with E-state index in [0.29, 0.717) is 17.1 Å². The SMILES string of the molecule is CNC(=O)C(C(=O)CCCO)C(C)C(=O)c1ccc(-c2ccc3c(c2)OCO3)cc1. The standard InChI is InChI=1S/C23H25NO6/c1-14(21(23(28)24-2)18(26)4-3-11-25)22(27)16-7-5-15(6-8-16)17-9-10-19-20(12-17)30-13-29-19/h5-10,12,14,21,25H,3-4,11,13H2,1-2H3,(H,24,28). The van der Waals surface area contributed by atoms with Crippen LogP contribution in [0.25, 0.3) is 11.1 Å². The van der Waals surface area contributed by atoms with Crippen LogP contribution in [0.1, 0.15) is 30.1 Å². The first-order valence-electron chi connectivity index (χ1n) is 9.85. The minimum Gasteiger partial charge on any atom is -0.454 e. The molecule has 0 saturated heterocycles. The summed E-state index contributed by atoms with van der Waals surface area (Å²) >= 11 is 0. The normalized spacial score (nSPS) is 14.1. The van der Waals surface area contributed by atoms with Crippen molar-refractivity contribution < 1.29 is 29.0 Å². The van der Waals surface area contributed by atoms with Gasteiger partial charge < -0.3 is 19.9 Å². The van der Waals surface area contributed by atoms with Crippen LogP contribution in [0.5, 0.6) is 11.5 Å². The lowest BCUT2D eigenvalue weighted by molar-refractivity contribution is -0.135. The van der Waals surface area contributed by atoms with Gasteiger partial charge in [-0.1, -0.05) is 37.3 Å². The van der Waals surface area contributed by atoms with E-state index in [4.69, 9.17) is 14.6 Å². The number of amides is 1. The summed E-state index contributed by atoms with van der Waals surface area (Å²) in [6.45, 7) is 1.65. The van der Waals surface area contributed by atoms with Gasteiger partial charge in [-0.3, -0.25) is 14.4 Å². The van der Waals surface area contributed by atoms with Gasteiger partial charge in [0.25, 0.3) is 0 Å². The third kappa shape index (κ3) is 4.52. The summed E-state index contributed by atoms with van der Waals surface area (Å²) in [7, 11) is 1.44. The molecule has 1 aliphatic heterocycles. The molecule has 0 bridgehead atoms. The van der Waals surface area contributed by atoms with Crippen LogP contribution in [-0.2, 0) is 9.59 Å². The molecule has 0 aromatic heterocycles. The molecular formula is C23H25NO6. The number of hydrogen-bond donors (Lipinski definition) is 2. The number of aliphatic hydroxyl groups is 1. The second kappa shape index (κ2) is 9.54. The van der Waals surface area contributed by atoms with Crippen LogP contribution >= 0.6 is 0 Å². The van der Waals surface area contributed by atoms with Gasteiger partial charge in [0.2, 0.25) is 12.7 Å². The first-order chi connectivity index (χ1) is 14.5. The zero-order valence-electron chi connectivity index (χ0n) is 17.0. The average Bonchev–Trinajstić information content (AvgIpc) is 3.25. The Balaban J connectivity index is 1.78. The van der Waals surface area contributed by atoms with Gasteiger partial charge in [-0.05, 0) is 29.7 Å². The van der Waals surface area contributed by atoms with Gasteiger partial charge in [0.1, 0.15) is 11.7 Å². The molecular weight excluding hydrogens is 386 g/mol. The van der Waals surface area contributed by atoms with Crippen LogP contribution in [0.15, 0.2) is 42.5 Å². The minimum absolute atomic E-state index is 0.0509. The molecule has 2 aromatic rings. The molecule has 2 atom stereocenters. The predicted molar refractivity (Wildman–Crippen MR) is 110 cm³/mol. The summed E-state index contributed by atoms with van der Waals surface area (Å²) in [5.41, 5.74) is 2.25. The van der Waals surface area contributed by atoms with Gasteiger partial charge in [0.05, 0.1) is 0 Å². The summed E-state index contributed by atoms with van der Waals surface area (Å²) in [5.74, 6) is -1.63. The van der Waals surface area contributed by atoms with Gasteiger partial charge in [-0.25, -0.2) is 0 Å². The van der Waals surface area contributed by atoms with E-state index < -0.39 is 17.7 Å². The maximum atomic E-state index is 13.0. The zero-order valence-corrected chi connectivity index (χ0v) is 17.0.